The van der Waals surface area contributed by atoms with Gasteiger partial charge in [-0.05, 0) is 12.1 Å². The molecule has 3 rings (SSSR count). The number of halogens is 2. The first-order valence-electron chi connectivity index (χ1n) is 5.34. The Morgan fingerprint density at radius 1 is 0.889 bits per heavy atom. The maximum absolute atomic E-state index is 6.22. The fourth-order valence-electron chi connectivity index (χ4n) is 1.85. The molecular formula is C14H7Cl2N2. The summed E-state index contributed by atoms with van der Waals surface area (Å²) in [7, 11) is 0. The van der Waals surface area contributed by atoms with Crippen molar-refractivity contribution in [1.29, 1.82) is 0 Å². The maximum atomic E-state index is 6.22. The van der Waals surface area contributed by atoms with E-state index < -0.39 is 0 Å². The summed E-state index contributed by atoms with van der Waals surface area (Å²) < 4.78 is 0. The van der Waals surface area contributed by atoms with Crippen LogP contribution in [0.25, 0.3) is 22.2 Å². The maximum Gasteiger partial charge on any atom is 0.198 e. The molecule has 0 N–H and O–H groups in total. The van der Waals surface area contributed by atoms with E-state index in [9.17, 15) is 0 Å². The number of nitrogens with zero attached hydrogens (tertiary/aromatic N) is 2. The molecule has 18 heavy (non-hydrogen) atoms. The van der Waals surface area contributed by atoms with Crippen LogP contribution in [0.5, 0.6) is 0 Å². The van der Waals surface area contributed by atoms with Gasteiger partial charge in [0.15, 0.2) is 6.33 Å². The number of aromatic nitrogens is 2. The Hall–Kier alpha value is -1.64. The first-order chi connectivity index (χ1) is 8.77. The summed E-state index contributed by atoms with van der Waals surface area (Å²) in [5.74, 6) is 0. The van der Waals surface area contributed by atoms with Crippen molar-refractivity contribution in [2.45, 2.75) is 0 Å². The number of hydrogen-bond acceptors (Lipinski definition) is 2. The smallest absolute Gasteiger partial charge is 0.198 e. The number of hydrogen-bond donors (Lipinski definition) is 0. The summed E-state index contributed by atoms with van der Waals surface area (Å²) in [6, 6.07) is 13.2. The second-order valence-electron chi connectivity index (χ2n) is 3.79. The second-order valence-corrected chi connectivity index (χ2v) is 4.58. The van der Waals surface area contributed by atoms with Gasteiger partial charge in [-0.3, -0.25) is 0 Å². The van der Waals surface area contributed by atoms with Gasteiger partial charge in [0.05, 0.1) is 21.3 Å². The molecule has 1 aromatic heterocycles. The van der Waals surface area contributed by atoms with Crippen LogP contribution in [0.4, 0.5) is 0 Å². The number of rotatable bonds is 1. The summed E-state index contributed by atoms with van der Waals surface area (Å²) in [6.07, 6.45) is 2.65. The van der Waals surface area contributed by atoms with Crippen LogP contribution >= 0.6 is 23.2 Å². The average molecular weight is 274 g/mol. The van der Waals surface area contributed by atoms with Crippen LogP contribution in [-0.2, 0) is 0 Å². The van der Waals surface area contributed by atoms with Crippen LogP contribution in [0.15, 0.2) is 42.5 Å². The summed E-state index contributed by atoms with van der Waals surface area (Å²) in [5.41, 5.74) is 2.37. The minimum absolute atomic E-state index is 0.497. The fraction of sp³-hybridized carbons (Fsp3) is 0. The van der Waals surface area contributed by atoms with Crippen LogP contribution in [0.3, 0.4) is 0 Å². The van der Waals surface area contributed by atoms with Gasteiger partial charge in [0, 0.05) is 10.9 Å². The lowest BCUT2D eigenvalue weighted by atomic mass is 10.1. The first kappa shape index (κ1) is 11.5. The van der Waals surface area contributed by atoms with E-state index in [2.05, 4.69) is 16.3 Å². The number of para-hydroxylation sites is 1. The van der Waals surface area contributed by atoms with Gasteiger partial charge in [-0.25, -0.2) is 9.97 Å². The Labute approximate surface area is 114 Å². The third-order valence-electron chi connectivity index (χ3n) is 2.70. The lowest BCUT2D eigenvalue weighted by molar-refractivity contribution is 1.20. The average Bonchev–Trinajstić information content (AvgIpc) is 2.41. The highest BCUT2D eigenvalue weighted by Crippen LogP contribution is 2.34. The number of fused-ring (bicyclic) bond motifs is 1. The standard InChI is InChI=1S/C14H7Cl2N2/c15-11-6-3-5-10(13(11)16)14-9-4-1-2-7-12(9)17-8-18-14/h1-7H. The summed E-state index contributed by atoms with van der Waals surface area (Å²) in [4.78, 5) is 8.31. The Morgan fingerprint density at radius 3 is 2.61 bits per heavy atom. The van der Waals surface area contributed by atoms with Crippen molar-refractivity contribution in [3.63, 3.8) is 0 Å². The minimum atomic E-state index is 0.497. The monoisotopic (exact) mass is 273 g/mol. The van der Waals surface area contributed by atoms with Gasteiger partial charge in [0.2, 0.25) is 0 Å². The van der Waals surface area contributed by atoms with Crippen molar-refractivity contribution in [3.8, 4) is 11.3 Å². The molecule has 0 aliphatic rings. The Balaban J connectivity index is 2.35. The van der Waals surface area contributed by atoms with E-state index in [1.165, 1.54) is 0 Å². The van der Waals surface area contributed by atoms with Gasteiger partial charge in [-0.15, -0.1) is 0 Å². The van der Waals surface area contributed by atoms with Crippen LogP contribution in [-0.4, -0.2) is 9.97 Å². The molecule has 4 heteroatoms. The van der Waals surface area contributed by atoms with Crippen LogP contribution in [0, 0.1) is 6.33 Å². The van der Waals surface area contributed by atoms with Crippen molar-refractivity contribution in [3.05, 3.63) is 58.8 Å². The van der Waals surface area contributed by atoms with Gasteiger partial charge in [0.25, 0.3) is 0 Å². The first-order valence-corrected chi connectivity index (χ1v) is 6.10. The van der Waals surface area contributed by atoms with Crippen molar-refractivity contribution in [2.75, 3.05) is 0 Å². The molecule has 0 unspecified atom stereocenters. The van der Waals surface area contributed by atoms with Gasteiger partial charge < -0.3 is 0 Å². The highest BCUT2D eigenvalue weighted by molar-refractivity contribution is 6.43. The minimum Gasteiger partial charge on any atom is -0.225 e. The van der Waals surface area contributed by atoms with E-state index in [4.69, 9.17) is 23.2 Å². The molecular weight excluding hydrogens is 267 g/mol. The van der Waals surface area contributed by atoms with E-state index in [0.717, 1.165) is 22.2 Å². The van der Waals surface area contributed by atoms with Crippen LogP contribution in [0.2, 0.25) is 10.0 Å². The van der Waals surface area contributed by atoms with Crippen molar-refractivity contribution >= 4 is 34.1 Å². The lowest BCUT2D eigenvalue weighted by Gasteiger charge is -2.07. The molecule has 0 aliphatic heterocycles. The molecule has 2 nitrogen and oxygen atoms in total. The van der Waals surface area contributed by atoms with E-state index in [0.29, 0.717) is 10.0 Å². The molecule has 0 amide bonds. The second kappa shape index (κ2) is 4.56. The van der Waals surface area contributed by atoms with Crippen LogP contribution in [0.1, 0.15) is 0 Å². The lowest BCUT2D eigenvalue weighted by Crippen LogP contribution is -1.90. The van der Waals surface area contributed by atoms with E-state index in [-0.39, 0.29) is 0 Å². The molecule has 0 aliphatic carbocycles. The highest BCUT2D eigenvalue weighted by Gasteiger charge is 2.11. The molecule has 3 aromatic rings. The molecule has 0 bridgehead atoms. The predicted octanol–water partition coefficient (Wildman–Crippen LogP) is 4.40. The van der Waals surface area contributed by atoms with Gasteiger partial charge >= 0.3 is 0 Å². The van der Waals surface area contributed by atoms with Gasteiger partial charge in [0.1, 0.15) is 0 Å². The molecule has 0 saturated heterocycles. The molecule has 0 fully saturated rings. The number of benzene rings is 2. The summed E-state index contributed by atoms with van der Waals surface area (Å²) >= 11 is 12.3. The molecule has 0 saturated carbocycles. The van der Waals surface area contributed by atoms with Crippen LogP contribution < -0.4 is 0 Å². The van der Waals surface area contributed by atoms with Crippen molar-refractivity contribution < 1.29 is 0 Å². The molecule has 1 radical (unpaired) electrons. The van der Waals surface area contributed by atoms with Crippen molar-refractivity contribution in [1.82, 2.24) is 9.97 Å². The van der Waals surface area contributed by atoms with Gasteiger partial charge in [-0.2, -0.15) is 0 Å². The fourth-order valence-corrected chi connectivity index (χ4v) is 2.24. The zero-order valence-electron chi connectivity index (χ0n) is 9.19. The molecule has 2 aromatic carbocycles. The zero-order chi connectivity index (χ0) is 12.5. The highest BCUT2D eigenvalue weighted by atomic mass is 35.5. The Morgan fingerprint density at radius 2 is 1.72 bits per heavy atom. The third kappa shape index (κ3) is 1.84. The molecule has 1 heterocycles. The quantitative estimate of drug-likeness (QED) is 0.657. The Kier molecular flexibility index (Phi) is 2.90. The Bertz CT molecular complexity index is 721. The SMILES string of the molecule is Clc1cccc(-c2n[c]nc3ccccc23)c1Cl. The van der Waals surface area contributed by atoms with E-state index >= 15 is 0 Å². The topological polar surface area (TPSA) is 25.8 Å². The molecule has 0 atom stereocenters. The summed E-state index contributed by atoms with van der Waals surface area (Å²) in [5, 5.41) is 1.94. The summed E-state index contributed by atoms with van der Waals surface area (Å²) in [6.45, 7) is 0. The normalized spacial score (nSPS) is 10.8. The largest absolute Gasteiger partial charge is 0.225 e. The zero-order valence-corrected chi connectivity index (χ0v) is 10.7. The van der Waals surface area contributed by atoms with Gasteiger partial charge in [-0.1, -0.05) is 53.5 Å². The van der Waals surface area contributed by atoms with Crippen molar-refractivity contribution in [2.24, 2.45) is 0 Å². The molecule has 0 spiro atoms. The predicted molar refractivity (Wildman–Crippen MR) is 73.8 cm³/mol. The third-order valence-corrected chi connectivity index (χ3v) is 3.52. The molecule has 87 valence electrons. The van der Waals surface area contributed by atoms with E-state index in [1.54, 1.807) is 6.07 Å². The van der Waals surface area contributed by atoms with E-state index in [1.807, 2.05) is 36.4 Å².